The van der Waals surface area contributed by atoms with Crippen LogP contribution in [-0.4, -0.2) is 10.2 Å². The highest BCUT2D eigenvalue weighted by Crippen LogP contribution is 2.32. The summed E-state index contributed by atoms with van der Waals surface area (Å²) < 4.78 is 0. The van der Waals surface area contributed by atoms with Crippen LogP contribution in [0.4, 0.5) is 0 Å². The summed E-state index contributed by atoms with van der Waals surface area (Å²) in [5.41, 5.74) is 7.05. The Labute approximate surface area is 119 Å². The van der Waals surface area contributed by atoms with E-state index >= 15 is 0 Å². The largest absolute Gasteiger partial charge is 0.326 e. The summed E-state index contributed by atoms with van der Waals surface area (Å²) >= 11 is 3.94. The van der Waals surface area contributed by atoms with Crippen molar-refractivity contribution in [1.82, 2.24) is 4.98 Å². The first-order valence-electron chi connectivity index (χ1n) is 7.12. The molecular weight excluding hydrogens is 260 g/mol. The Morgan fingerprint density at radius 1 is 1.33 bits per heavy atom. The number of nitrogens with zero attached hydrogens (tertiary/aromatic N) is 1. The van der Waals surface area contributed by atoms with Gasteiger partial charge in [0.2, 0.25) is 0 Å². The van der Waals surface area contributed by atoms with E-state index in [1.165, 1.54) is 47.7 Å². The third-order valence-electron chi connectivity index (χ3n) is 3.49. The van der Waals surface area contributed by atoms with E-state index in [1.54, 1.807) is 0 Å². The first kappa shape index (κ1) is 14.4. The number of rotatable bonds is 6. The van der Waals surface area contributed by atoms with Gasteiger partial charge in [0.25, 0.3) is 0 Å². The molecule has 0 amide bonds. The zero-order chi connectivity index (χ0) is 12.8. The highest BCUT2D eigenvalue weighted by atomic mass is 32.2. The molecule has 1 aromatic heterocycles. The molecule has 4 heteroatoms. The lowest BCUT2D eigenvalue weighted by atomic mass is 10.0. The van der Waals surface area contributed by atoms with Crippen molar-refractivity contribution < 1.29 is 0 Å². The molecule has 0 unspecified atom stereocenters. The summed E-state index contributed by atoms with van der Waals surface area (Å²) in [6.07, 6.45) is 9.33. The Bertz CT molecular complexity index is 357. The van der Waals surface area contributed by atoms with Crippen molar-refractivity contribution in [1.29, 1.82) is 0 Å². The predicted molar refractivity (Wildman–Crippen MR) is 82.2 cm³/mol. The van der Waals surface area contributed by atoms with Gasteiger partial charge in [-0.25, -0.2) is 4.98 Å². The summed E-state index contributed by atoms with van der Waals surface area (Å²) in [5, 5.41) is 2.16. The van der Waals surface area contributed by atoms with Crippen LogP contribution in [-0.2, 0) is 18.7 Å². The minimum absolute atomic E-state index is 0.654. The molecule has 1 saturated carbocycles. The number of thioether (sulfide) groups is 1. The number of thiazole rings is 1. The maximum absolute atomic E-state index is 5.80. The maximum atomic E-state index is 5.80. The third-order valence-corrected chi connectivity index (χ3v) is 6.18. The maximum Gasteiger partial charge on any atom is 0.103 e. The van der Waals surface area contributed by atoms with Crippen LogP contribution in [0.5, 0.6) is 0 Å². The lowest BCUT2D eigenvalue weighted by Gasteiger charge is -2.20. The first-order chi connectivity index (χ1) is 8.83. The highest BCUT2D eigenvalue weighted by Gasteiger charge is 2.15. The number of hydrogen-bond acceptors (Lipinski definition) is 4. The summed E-state index contributed by atoms with van der Waals surface area (Å²) in [5.74, 6) is 1.09. The minimum atomic E-state index is 0.654. The lowest BCUT2D eigenvalue weighted by Crippen LogP contribution is -2.08. The molecule has 1 heterocycles. The second-order valence-corrected chi connectivity index (χ2v) is 7.46. The molecule has 0 saturated heterocycles. The summed E-state index contributed by atoms with van der Waals surface area (Å²) in [6.45, 7) is 2.86. The molecule has 0 aliphatic heterocycles. The Balaban J connectivity index is 1.88. The van der Waals surface area contributed by atoms with Crippen LogP contribution >= 0.6 is 23.1 Å². The average molecular weight is 284 g/mol. The van der Waals surface area contributed by atoms with E-state index in [2.05, 4.69) is 18.7 Å². The van der Waals surface area contributed by atoms with Crippen LogP contribution in [0.15, 0.2) is 0 Å². The molecule has 1 aromatic rings. The molecule has 2 nitrogen and oxygen atoms in total. The van der Waals surface area contributed by atoms with Gasteiger partial charge < -0.3 is 5.73 Å². The molecular formula is C14H24N2S2. The van der Waals surface area contributed by atoms with E-state index < -0.39 is 0 Å². The van der Waals surface area contributed by atoms with Crippen LogP contribution in [0.3, 0.4) is 0 Å². The summed E-state index contributed by atoms with van der Waals surface area (Å²) in [6, 6.07) is 0. The van der Waals surface area contributed by atoms with Gasteiger partial charge in [-0.3, -0.25) is 0 Å². The van der Waals surface area contributed by atoms with E-state index in [0.717, 1.165) is 23.8 Å². The van der Waals surface area contributed by atoms with Crippen molar-refractivity contribution in [2.75, 3.05) is 0 Å². The monoisotopic (exact) mass is 284 g/mol. The third kappa shape index (κ3) is 3.97. The van der Waals surface area contributed by atoms with Gasteiger partial charge in [0.15, 0.2) is 0 Å². The van der Waals surface area contributed by atoms with Gasteiger partial charge in [-0.05, 0) is 19.3 Å². The number of nitrogens with two attached hydrogens (primary N) is 1. The van der Waals surface area contributed by atoms with E-state index in [0.29, 0.717) is 6.54 Å². The molecule has 0 atom stereocenters. The molecule has 0 spiro atoms. The van der Waals surface area contributed by atoms with Gasteiger partial charge in [-0.1, -0.05) is 32.6 Å². The fraction of sp³-hybridized carbons (Fsp3) is 0.786. The van der Waals surface area contributed by atoms with Gasteiger partial charge in [-0.2, -0.15) is 11.8 Å². The molecule has 18 heavy (non-hydrogen) atoms. The molecule has 2 rings (SSSR count). The van der Waals surface area contributed by atoms with Crippen LogP contribution in [0, 0.1) is 0 Å². The standard InChI is InChI=1S/C14H24N2S2/c1-2-6-12-13(9-15)18-14(16-12)10-17-11-7-4-3-5-8-11/h11H,2-10,15H2,1H3. The second kappa shape index (κ2) is 7.51. The number of aryl methyl sites for hydroxylation is 1. The SMILES string of the molecule is CCCc1nc(CSC2CCCCC2)sc1CN. The van der Waals surface area contributed by atoms with Gasteiger partial charge in [-0.15, -0.1) is 11.3 Å². The Hall–Kier alpha value is -0.0600. The van der Waals surface area contributed by atoms with Crippen molar-refractivity contribution in [3.05, 3.63) is 15.6 Å². The molecule has 1 aliphatic rings. The molecule has 1 aliphatic carbocycles. The van der Waals surface area contributed by atoms with Crippen molar-refractivity contribution in [2.24, 2.45) is 5.73 Å². The topological polar surface area (TPSA) is 38.9 Å². The van der Waals surface area contributed by atoms with E-state index in [4.69, 9.17) is 10.7 Å². The zero-order valence-electron chi connectivity index (χ0n) is 11.3. The van der Waals surface area contributed by atoms with Crippen molar-refractivity contribution in [2.45, 2.75) is 69.4 Å². The Morgan fingerprint density at radius 3 is 2.78 bits per heavy atom. The lowest BCUT2D eigenvalue weighted by molar-refractivity contribution is 0.516. The van der Waals surface area contributed by atoms with Crippen LogP contribution in [0.25, 0.3) is 0 Å². The quantitative estimate of drug-likeness (QED) is 0.854. The molecule has 1 fully saturated rings. The second-order valence-electron chi connectivity index (χ2n) is 5.00. The van der Waals surface area contributed by atoms with Crippen molar-refractivity contribution in [3.8, 4) is 0 Å². The zero-order valence-corrected chi connectivity index (χ0v) is 12.9. The molecule has 0 aromatic carbocycles. The molecule has 2 N–H and O–H groups in total. The first-order valence-corrected chi connectivity index (χ1v) is 8.99. The number of hydrogen-bond donors (Lipinski definition) is 1. The van der Waals surface area contributed by atoms with Gasteiger partial charge in [0.1, 0.15) is 5.01 Å². The molecule has 0 bridgehead atoms. The summed E-state index contributed by atoms with van der Waals surface area (Å²) in [7, 11) is 0. The fourth-order valence-corrected chi connectivity index (χ4v) is 4.85. The number of aromatic nitrogens is 1. The van der Waals surface area contributed by atoms with Gasteiger partial charge in [0, 0.05) is 22.4 Å². The Kier molecular flexibility index (Phi) is 5.99. The highest BCUT2D eigenvalue weighted by molar-refractivity contribution is 7.99. The van der Waals surface area contributed by atoms with Crippen molar-refractivity contribution in [3.63, 3.8) is 0 Å². The van der Waals surface area contributed by atoms with Crippen LogP contribution < -0.4 is 5.73 Å². The van der Waals surface area contributed by atoms with E-state index in [-0.39, 0.29) is 0 Å². The fourth-order valence-electron chi connectivity index (χ4n) is 2.51. The normalized spacial score (nSPS) is 17.2. The smallest absolute Gasteiger partial charge is 0.103 e. The van der Waals surface area contributed by atoms with Crippen LogP contribution in [0.1, 0.15) is 61.0 Å². The average Bonchev–Trinajstić information content (AvgIpc) is 2.80. The van der Waals surface area contributed by atoms with Gasteiger partial charge >= 0.3 is 0 Å². The van der Waals surface area contributed by atoms with Crippen LogP contribution in [0.2, 0.25) is 0 Å². The minimum Gasteiger partial charge on any atom is -0.326 e. The molecule has 0 radical (unpaired) electrons. The predicted octanol–water partition coefficient (Wildman–Crippen LogP) is 4.12. The molecule has 102 valence electrons. The summed E-state index contributed by atoms with van der Waals surface area (Å²) in [4.78, 5) is 6.07. The van der Waals surface area contributed by atoms with Gasteiger partial charge in [0.05, 0.1) is 5.69 Å². The van der Waals surface area contributed by atoms with E-state index in [1.807, 2.05) is 11.3 Å². The van der Waals surface area contributed by atoms with E-state index in [9.17, 15) is 0 Å². The Morgan fingerprint density at radius 2 is 2.11 bits per heavy atom. The van der Waals surface area contributed by atoms with Crippen molar-refractivity contribution >= 4 is 23.1 Å².